The molecule has 1 aromatic heterocycles. The summed E-state index contributed by atoms with van der Waals surface area (Å²) in [5, 5.41) is 9.56. The van der Waals surface area contributed by atoms with Gasteiger partial charge in [-0.05, 0) is 29.7 Å². The first kappa shape index (κ1) is 11.0. The molecule has 0 amide bonds. The SMILES string of the molecule is N#Cc1ccccc1.c1ccc2[nH]ccc2c1. The van der Waals surface area contributed by atoms with Crippen molar-refractivity contribution in [3.8, 4) is 6.07 Å². The third kappa shape index (κ3) is 2.96. The van der Waals surface area contributed by atoms with Gasteiger partial charge in [0.15, 0.2) is 0 Å². The molecule has 2 aromatic carbocycles. The Labute approximate surface area is 100 Å². The molecule has 82 valence electrons. The van der Waals surface area contributed by atoms with Gasteiger partial charge < -0.3 is 4.98 Å². The lowest BCUT2D eigenvalue weighted by Crippen LogP contribution is -1.66. The number of fused-ring (bicyclic) bond motifs is 1. The van der Waals surface area contributed by atoms with Crippen LogP contribution in [0.2, 0.25) is 0 Å². The molecule has 2 heteroatoms. The number of nitriles is 1. The molecule has 0 aliphatic heterocycles. The van der Waals surface area contributed by atoms with Gasteiger partial charge in [-0.3, -0.25) is 0 Å². The quantitative estimate of drug-likeness (QED) is 0.616. The van der Waals surface area contributed by atoms with Gasteiger partial charge in [-0.25, -0.2) is 0 Å². The molecule has 17 heavy (non-hydrogen) atoms. The van der Waals surface area contributed by atoms with Crippen LogP contribution >= 0.6 is 0 Å². The fourth-order valence-corrected chi connectivity index (χ4v) is 1.51. The van der Waals surface area contributed by atoms with Gasteiger partial charge in [0, 0.05) is 11.7 Å². The number of H-pyrrole nitrogens is 1. The summed E-state index contributed by atoms with van der Waals surface area (Å²) in [6, 6.07) is 21.4. The number of rotatable bonds is 0. The normalized spacial score (nSPS) is 9.12. The fraction of sp³-hybridized carbons (Fsp3) is 0. The van der Waals surface area contributed by atoms with E-state index < -0.39 is 0 Å². The fourth-order valence-electron chi connectivity index (χ4n) is 1.51. The molecule has 0 saturated heterocycles. The van der Waals surface area contributed by atoms with E-state index in [0.717, 1.165) is 0 Å². The highest BCUT2D eigenvalue weighted by atomic mass is 14.6. The Kier molecular flexibility index (Phi) is 3.57. The van der Waals surface area contributed by atoms with Crippen molar-refractivity contribution >= 4 is 10.9 Å². The van der Waals surface area contributed by atoms with Crippen LogP contribution in [0.25, 0.3) is 10.9 Å². The van der Waals surface area contributed by atoms with Crippen LogP contribution in [-0.4, -0.2) is 4.98 Å². The zero-order chi connectivity index (χ0) is 11.9. The third-order valence-corrected chi connectivity index (χ3v) is 2.37. The Morgan fingerprint density at radius 3 is 2.18 bits per heavy atom. The molecule has 2 nitrogen and oxygen atoms in total. The van der Waals surface area contributed by atoms with Crippen molar-refractivity contribution < 1.29 is 0 Å². The summed E-state index contributed by atoms with van der Waals surface area (Å²) in [7, 11) is 0. The van der Waals surface area contributed by atoms with E-state index in [-0.39, 0.29) is 0 Å². The lowest BCUT2D eigenvalue weighted by Gasteiger charge is -1.83. The Morgan fingerprint density at radius 1 is 0.824 bits per heavy atom. The summed E-state index contributed by atoms with van der Waals surface area (Å²) < 4.78 is 0. The van der Waals surface area contributed by atoms with E-state index in [1.165, 1.54) is 10.9 Å². The maximum atomic E-state index is 8.29. The molecular formula is C15H12N2. The summed E-state index contributed by atoms with van der Waals surface area (Å²) in [6.45, 7) is 0. The molecule has 0 saturated carbocycles. The van der Waals surface area contributed by atoms with Gasteiger partial charge in [-0.15, -0.1) is 0 Å². The monoisotopic (exact) mass is 220 g/mol. The molecule has 3 aromatic rings. The van der Waals surface area contributed by atoms with Crippen molar-refractivity contribution in [2.45, 2.75) is 0 Å². The van der Waals surface area contributed by atoms with E-state index >= 15 is 0 Å². The van der Waals surface area contributed by atoms with E-state index in [1.807, 2.05) is 42.6 Å². The van der Waals surface area contributed by atoms with Crippen LogP contribution in [-0.2, 0) is 0 Å². The van der Waals surface area contributed by atoms with Crippen LogP contribution < -0.4 is 0 Å². The molecule has 1 N–H and O–H groups in total. The highest BCUT2D eigenvalue weighted by Gasteiger charge is 1.86. The number of hydrogen-bond donors (Lipinski definition) is 1. The van der Waals surface area contributed by atoms with Crippen LogP contribution in [0.4, 0.5) is 0 Å². The Morgan fingerprint density at radius 2 is 1.53 bits per heavy atom. The maximum absolute atomic E-state index is 8.29. The second kappa shape index (κ2) is 5.53. The zero-order valence-corrected chi connectivity index (χ0v) is 9.30. The summed E-state index contributed by atoms with van der Waals surface area (Å²) in [5.41, 5.74) is 1.92. The van der Waals surface area contributed by atoms with E-state index in [9.17, 15) is 0 Å². The average Bonchev–Trinajstić information content (AvgIpc) is 2.89. The van der Waals surface area contributed by atoms with E-state index in [2.05, 4.69) is 23.2 Å². The number of aromatic amines is 1. The zero-order valence-electron chi connectivity index (χ0n) is 9.30. The molecule has 0 spiro atoms. The summed E-state index contributed by atoms with van der Waals surface area (Å²) in [5.74, 6) is 0. The molecule has 0 aliphatic rings. The van der Waals surface area contributed by atoms with Crippen LogP contribution in [0, 0.1) is 11.3 Å². The molecule has 0 atom stereocenters. The van der Waals surface area contributed by atoms with Gasteiger partial charge in [0.2, 0.25) is 0 Å². The van der Waals surface area contributed by atoms with Crippen molar-refractivity contribution in [1.82, 2.24) is 4.98 Å². The van der Waals surface area contributed by atoms with Gasteiger partial charge in [-0.1, -0.05) is 36.4 Å². The highest BCUT2D eigenvalue weighted by molar-refractivity contribution is 5.78. The standard InChI is InChI=1S/C8H7N.C7H5N/c1-2-4-8-7(3-1)5-6-9-8;8-6-7-4-2-1-3-5-7/h1-6,9H;1-5H. The molecule has 0 fully saturated rings. The largest absolute Gasteiger partial charge is 0.361 e. The summed E-state index contributed by atoms with van der Waals surface area (Å²) in [4.78, 5) is 3.12. The van der Waals surface area contributed by atoms with Crippen molar-refractivity contribution in [1.29, 1.82) is 5.26 Å². The van der Waals surface area contributed by atoms with Crippen LogP contribution in [0.1, 0.15) is 5.56 Å². The lowest BCUT2D eigenvalue weighted by atomic mass is 10.2. The van der Waals surface area contributed by atoms with Crippen LogP contribution in [0.3, 0.4) is 0 Å². The van der Waals surface area contributed by atoms with Gasteiger partial charge in [0.1, 0.15) is 0 Å². The predicted octanol–water partition coefficient (Wildman–Crippen LogP) is 3.73. The molecule has 1 heterocycles. The molecule has 0 radical (unpaired) electrons. The van der Waals surface area contributed by atoms with Crippen LogP contribution in [0.15, 0.2) is 66.9 Å². The van der Waals surface area contributed by atoms with E-state index in [0.29, 0.717) is 5.56 Å². The summed E-state index contributed by atoms with van der Waals surface area (Å²) in [6.07, 6.45) is 1.95. The minimum atomic E-state index is 0.715. The number of para-hydroxylation sites is 1. The van der Waals surface area contributed by atoms with Crippen molar-refractivity contribution in [3.05, 3.63) is 72.4 Å². The first-order valence-corrected chi connectivity index (χ1v) is 5.37. The number of benzene rings is 2. The second-order valence-electron chi connectivity index (χ2n) is 3.54. The predicted molar refractivity (Wildman–Crippen MR) is 69.5 cm³/mol. The summed E-state index contributed by atoms with van der Waals surface area (Å²) >= 11 is 0. The van der Waals surface area contributed by atoms with Gasteiger partial charge in [0.25, 0.3) is 0 Å². The molecule has 3 rings (SSSR count). The van der Waals surface area contributed by atoms with Crippen molar-refractivity contribution in [3.63, 3.8) is 0 Å². The third-order valence-electron chi connectivity index (χ3n) is 2.37. The lowest BCUT2D eigenvalue weighted by molar-refractivity contribution is 1.48. The average molecular weight is 220 g/mol. The van der Waals surface area contributed by atoms with E-state index in [1.54, 1.807) is 12.1 Å². The first-order chi connectivity index (χ1) is 8.40. The Balaban J connectivity index is 0.000000128. The molecule has 0 unspecified atom stereocenters. The van der Waals surface area contributed by atoms with Crippen molar-refractivity contribution in [2.75, 3.05) is 0 Å². The minimum Gasteiger partial charge on any atom is -0.361 e. The Hall–Kier alpha value is -2.53. The number of nitrogens with zero attached hydrogens (tertiary/aromatic N) is 1. The minimum absolute atomic E-state index is 0.715. The van der Waals surface area contributed by atoms with Gasteiger partial charge in [0.05, 0.1) is 11.6 Å². The van der Waals surface area contributed by atoms with Gasteiger partial charge >= 0.3 is 0 Å². The van der Waals surface area contributed by atoms with Crippen LogP contribution in [0.5, 0.6) is 0 Å². The molecular weight excluding hydrogens is 208 g/mol. The van der Waals surface area contributed by atoms with Crippen molar-refractivity contribution in [2.24, 2.45) is 0 Å². The first-order valence-electron chi connectivity index (χ1n) is 5.37. The molecule has 0 aliphatic carbocycles. The topological polar surface area (TPSA) is 39.6 Å². The maximum Gasteiger partial charge on any atom is 0.0991 e. The number of nitrogens with one attached hydrogen (secondary N) is 1. The number of hydrogen-bond acceptors (Lipinski definition) is 1. The highest BCUT2D eigenvalue weighted by Crippen LogP contribution is 2.09. The molecule has 0 bridgehead atoms. The van der Waals surface area contributed by atoms with Gasteiger partial charge in [-0.2, -0.15) is 5.26 Å². The smallest absolute Gasteiger partial charge is 0.0991 e. The number of aromatic nitrogens is 1. The van der Waals surface area contributed by atoms with E-state index in [4.69, 9.17) is 5.26 Å². The Bertz CT molecular complexity index is 588. The second-order valence-corrected chi connectivity index (χ2v) is 3.54.